The molecule has 80 valence electrons. The monoisotopic (exact) mass is 200 g/mol. The maximum absolute atomic E-state index is 10.3. The average molecular weight is 200 g/mol. The first-order valence-corrected chi connectivity index (χ1v) is 5.07. The van der Waals surface area contributed by atoms with Crippen LogP contribution < -0.4 is 5.32 Å². The molecule has 0 spiro atoms. The molecule has 2 aliphatic rings. The molecule has 0 radical (unpaired) electrons. The molecule has 1 aliphatic carbocycles. The van der Waals surface area contributed by atoms with Gasteiger partial charge in [0.25, 0.3) is 0 Å². The highest BCUT2D eigenvalue weighted by molar-refractivity contribution is 5.65. The third-order valence-corrected chi connectivity index (χ3v) is 3.00. The van der Waals surface area contributed by atoms with Gasteiger partial charge in [-0.3, -0.25) is 4.90 Å². The topological polar surface area (TPSA) is 61.8 Å². The Morgan fingerprint density at radius 2 is 2.00 bits per heavy atom. The minimum atomic E-state index is -0.907. The molecular weight excluding hydrogens is 184 g/mol. The number of ether oxygens (including phenoxy) is 1. The molecule has 0 atom stereocenters. The van der Waals surface area contributed by atoms with E-state index in [1.165, 1.54) is 0 Å². The van der Waals surface area contributed by atoms with Gasteiger partial charge in [0, 0.05) is 25.2 Å². The summed E-state index contributed by atoms with van der Waals surface area (Å²) in [5.41, 5.74) is 0. The highest BCUT2D eigenvalue weighted by atomic mass is 16.5. The molecule has 1 aliphatic heterocycles. The third-order valence-electron chi connectivity index (χ3n) is 3.00. The van der Waals surface area contributed by atoms with E-state index in [0.29, 0.717) is 6.04 Å². The molecule has 2 N–H and O–H groups in total. The van der Waals surface area contributed by atoms with E-state index >= 15 is 0 Å². The summed E-state index contributed by atoms with van der Waals surface area (Å²) in [6.45, 7) is 3.61. The fraction of sp³-hybridized carbons (Fsp3) is 0.889. The van der Waals surface area contributed by atoms with Gasteiger partial charge in [-0.05, 0) is 12.8 Å². The molecule has 1 saturated carbocycles. The maximum atomic E-state index is 10.3. The van der Waals surface area contributed by atoms with Crippen molar-refractivity contribution >= 4 is 6.09 Å². The van der Waals surface area contributed by atoms with Crippen LogP contribution in [0.5, 0.6) is 0 Å². The Hall–Kier alpha value is -0.810. The van der Waals surface area contributed by atoms with Crippen molar-refractivity contribution in [2.75, 3.05) is 26.3 Å². The molecule has 1 heterocycles. The highest BCUT2D eigenvalue weighted by Crippen LogP contribution is 2.26. The van der Waals surface area contributed by atoms with Crippen LogP contribution in [0, 0.1) is 0 Å². The second kappa shape index (κ2) is 4.14. The van der Waals surface area contributed by atoms with Gasteiger partial charge in [0.15, 0.2) is 0 Å². The van der Waals surface area contributed by atoms with E-state index in [1.54, 1.807) is 0 Å². The number of carboxylic acid groups (broad SMARTS) is 1. The van der Waals surface area contributed by atoms with Crippen LogP contribution in [-0.4, -0.2) is 54.5 Å². The number of hydrogen-bond acceptors (Lipinski definition) is 3. The lowest BCUT2D eigenvalue weighted by Crippen LogP contribution is -2.56. The van der Waals surface area contributed by atoms with E-state index in [4.69, 9.17) is 9.84 Å². The van der Waals surface area contributed by atoms with Crippen LogP contribution >= 0.6 is 0 Å². The van der Waals surface area contributed by atoms with Crippen molar-refractivity contribution in [1.82, 2.24) is 10.2 Å². The first-order valence-electron chi connectivity index (χ1n) is 5.07. The molecule has 1 amide bonds. The Labute approximate surface area is 83.0 Å². The Kier molecular flexibility index (Phi) is 2.88. The van der Waals surface area contributed by atoms with Gasteiger partial charge < -0.3 is 15.2 Å². The highest BCUT2D eigenvalue weighted by Gasteiger charge is 2.34. The van der Waals surface area contributed by atoms with E-state index in [2.05, 4.69) is 10.2 Å². The second-order valence-corrected chi connectivity index (χ2v) is 3.92. The molecule has 2 fully saturated rings. The van der Waals surface area contributed by atoms with Crippen molar-refractivity contribution in [3.05, 3.63) is 0 Å². The molecule has 14 heavy (non-hydrogen) atoms. The van der Waals surface area contributed by atoms with E-state index in [0.717, 1.165) is 39.1 Å². The standard InChI is InChI=1S/C9H16N2O3/c12-9(13)10-7-5-8(6-7)11-1-3-14-4-2-11/h7-8,10H,1-6H2,(H,12,13)/t7-,8-. The van der Waals surface area contributed by atoms with Gasteiger partial charge in [0.1, 0.15) is 0 Å². The van der Waals surface area contributed by atoms with Gasteiger partial charge in [-0.15, -0.1) is 0 Å². The number of carbonyl (C=O) groups is 1. The smallest absolute Gasteiger partial charge is 0.404 e. The van der Waals surface area contributed by atoms with Crippen molar-refractivity contribution in [2.45, 2.75) is 24.9 Å². The molecule has 0 aromatic heterocycles. The molecule has 2 rings (SSSR count). The number of amides is 1. The lowest BCUT2D eigenvalue weighted by atomic mass is 9.85. The zero-order valence-corrected chi connectivity index (χ0v) is 8.11. The fourth-order valence-corrected chi connectivity index (χ4v) is 2.12. The van der Waals surface area contributed by atoms with E-state index in [-0.39, 0.29) is 6.04 Å². The van der Waals surface area contributed by atoms with E-state index < -0.39 is 6.09 Å². The van der Waals surface area contributed by atoms with E-state index in [1.807, 2.05) is 0 Å². The van der Waals surface area contributed by atoms with Crippen molar-refractivity contribution in [2.24, 2.45) is 0 Å². The lowest BCUT2D eigenvalue weighted by Gasteiger charge is -2.44. The van der Waals surface area contributed by atoms with Crippen LogP contribution in [0.25, 0.3) is 0 Å². The van der Waals surface area contributed by atoms with Gasteiger partial charge in [0.2, 0.25) is 0 Å². The van der Waals surface area contributed by atoms with E-state index in [9.17, 15) is 4.79 Å². The summed E-state index contributed by atoms with van der Waals surface area (Å²) >= 11 is 0. The Morgan fingerprint density at radius 1 is 1.36 bits per heavy atom. The van der Waals surface area contributed by atoms with Gasteiger partial charge >= 0.3 is 6.09 Å². The van der Waals surface area contributed by atoms with Crippen LogP contribution in [0.3, 0.4) is 0 Å². The summed E-state index contributed by atoms with van der Waals surface area (Å²) in [6, 6.07) is 0.732. The van der Waals surface area contributed by atoms with Crippen LogP contribution in [0.4, 0.5) is 4.79 Å². The van der Waals surface area contributed by atoms with Crippen LogP contribution in [0.1, 0.15) is 12.8 Å². The van der Waals surface area contributed by atoms with Gasteiger partial charge in [-0.25, -0.2) is 4.79 Å². The number of hydrogen-bond donors (Lipinski definition) is 2. The first kappa shape index (κ1) is 9.73. The van der Waals surface area contributed by atoms with Crippen LogP contribution in [-0.2, 0) is 4.74 Å². The zero-order chi connectivity index (χ0) is 9.97. The number of rotatable bonds is 2. The molecule has 0 unspecified atom stereocenters. The number of morpholine rings is 1. The molecular formula is C9H16N2O3. The molecule has 0 bridgehead atoms. The van der Waals surface area contributed by atoms with Gasteiger partial charge in [-0.2, -0.15) is 0 Å². The first-order chi connectivity index (χ1) is 6.75. The van der Waals surface area contributed by atoms with Crippen molar-refractivity contribution in [3.63, 3.8) is 0 Å². The fourth-order valence-electron chi connectivity index (χ4n) is 2.12. The summed E-state index contributed by atoms with van der Waals surface area (Å²) in [5.74, 6) is 0. The predicted octanol–water partition coefficient (Wildman–Crippen LogP) is 0.117. The molecule has 1 saturated heterocycles. The average Bonchev–Trinajstić information content (AvgIpc) is 2.12. The number of nitrogens with zero attached hydrogens (tertiary/aromatic N) is 1. The lowest BCUT2D eigenvalue weighted by molar-refractivity contribution is -0.00944. The zero-order valence-electron chi connectivity index (χ0n) is 8.11. The quantitative estimate of drug-likeness (QED) is 0.664. The molecule has 5 nitrogen and oxygen atoms in total. The largest absolute Gasteiger partial charge is 0.465 e. The van der Waals surface area contributed by atoms with Crippen LogP contribution in [0.15, 0.2) is 0 Å². The third kappa shape index (κ3) is 2.16. The van der Waals surface area contributed by atoms with Gasteiger partial charge in [-0.1, -0.05) is 0 Å². The van der Waals surface area contributed by atoms with Crippen molar-refractivity contribution < 1.29 is 14.6 Å². The Balaban J connectivity index is 1.68. The van der Waals surface area contributed by atoms with Crippen molar-refractivity contribution in [3.8, 4) is 0 Å². The summed E-state index contributed by atoms with van der Waals surface area (Å²) in [6.07, 6.45) is 0.994. The summed E-state index contributed by atoms with van der Waals surface area (Å²) in [4.78, 5) is 12.7. The maximum Gasteiger partial charge on any atom is 0.404 e. The van der Waals surface area contributed by atoms with Crippen LogP contribution in [0.2, 0.25) is 0 Å². The Bertz CT molecular complexity index is 210. The minimum Gasteiger partial charge on any atom is -0.465 e. The summed E-state index contributed by atoms with van der Waals surface area (Å²) in [5, 5.41) is 11.0. The van der Waals surface area contributed by atoms with Crippen molar-refractivity contribution in [1.29, 1.82) is 0 Å². The Morgan fingerprint density at radius 3 is 2.57 bits per heavy atom. The SMILES string of the molecule is O=C(O)N[C@H]1C[C@H](N2CCOCC2)C1. The summed E-state index contributed by atoms with van der Waals surface area (Å²) in [7, 11) is 0. The normalized spacial score (nSPS) is 33.4. The minimum absolute atomic E-state index is 0.167. The molecule has 0 aromatic carbocycles. The second-order valence-electron chi connectivity index (χ2n) is 3.92. The number of nitrogens with one attached hydrogen (secondary N) is 1. The predicted molar refractivity (Wildman–Crippen MR) is 50.4 cm³/mol. The molecule has 0 aromatic rings. The van der Waals surface area contributed by atoms with Gasteiger partial charge in [0.05, 0.1) is 13.2 Å². The summed E-state index contributed by atoms with van der Waals surface area (Å²) < 4.78 is 5.26. The molecule has 5 heteroatoms.